The first-order valence-corrected chi connectivity index (χ1v) is 12.2. The monoisotopic (exact) mass is 536 g/mol. The molecule has 0 bridgehead atoms. The molecule has 0 aliphatic heterocycles. The molecule has 0 heterocycles. The van der Waals surface area contributed by atoms with Crippen LogP contribution in [-0.2, 0) is 19.6 Å². The molecule has 1 amide bonds. The number of hydrogen-bond donors (Lipinski definition) is 1. The zero-order valence-corrected chi connectivity index (χ0v) is 20.4. The molecule has 0 spiro atoms. The minimum absolute atomic E-state index is 0.0130. The fourth-order valence-electron chi connectivity index (χ4n) is 2.99. The number of para-hydroxylation sites is 1. The Morgan fingerprint density at radius 3 is 2.40 bits per heavy atom. The van der Waals surface area contributed by atoms with Crippen LogP contribution in [0.1, 0.15) is 10.4 Å². The molecule has 3 rings (SSSR count). The van der Waals surface area contributed by atoms with Gasteiger partial charge >= 0.3 is 5.97 Å². The molecular weight excluding hydrogens is 518 g/mol. The van der Waals surface area contributed by atoms with Crippen LogP contribution in [0.2, 0.25) is 10.0 Å². The van der Waals surface area contributed by atoms with Gasteiger partial charge in [0.05, 0.1) is 38.4 Å². The van der Waals surface area contributed by atoms with Crippen molar-refractivity contribution in [3.8, 4) is 0 Å². The Morgan fingerprint density at radius 1 is 1.03 bits per heavy atom. The minimum atomic E-state index is -4.10. The van der Waals surface area contributed by atoms with Crippen LogP contribution in [0.15, 0.2) is 84.3 Å². The SMILES string of the molecule is C=CCN(c1ccccc1)S(=O)(=O)c1ccc(Cl)c(C(=O)OCC(=O)Nc2ccc(F)cc2Cl)c1. The summed E-state index contributed by atoms with van der Waals surface area (Å²) in [4.78, 5) is 24.5. The number of carbonyl (C=O) groups excluding carboxylic acids is 2. The van der Waals surface area contributed by atoms with Crippen molar-refractivity contribution in [1.82, 2.24) is 0 Å². The van der Waals surface area contributed by atoms with Gasteiger partial charge < -0.3 is 10.1 Å². The van der Waals surface area contributed by atoms with Crippen molar-refractivity contribution in [1.29, 1.82) is 0 Å². The first-order chi connectivity index (χ1) is 16.6. The summed E-state index contributed by atoms with van der Waals surface area (Å²) < 4.78 is 45.9. The standard InChI is InChI=1S/C24H19Cl2FN2O5S/c1-2-12-29(17-6-4-3-5-7-17)35(32,33)18-9-10-20(25)19(14-18)24(31)34-15-23(30)28-22-11-8-16(27)13-21(22)26/h2-11,13-14H,1,12,15H2,(H,28,30). The molecule has 0 radical (unpaired) electrons. The molecule has 0 aromatic heterocycles. The Bertz CT molecular complexity index is 1370. The summed E-state index contributed by atoms with van der Waals surface area (Å²) in [7, 11) is -4.10. The molecular formula is C24H19Cl2FN2O5S. The van der Waals surface area contributed by atoms with Crippen molar-refractivity contribution in [2.75, 3.05) is 22.8 Å². The number of benzene rings is 3. The second kappa shape index (κ2) is 11.4. The first-order valence-electron chi connectivity index (χ1n) is 10.0. The van der Waals surface area contributed by atoms with Gasteiger partial charge in [0.15, 0.2) is 6.61 Å². The summed E-state index contributed by atoms with van der Waals surface area (Å²) in [5.74, 6) is -2.33. The van der Waals surface area contributed by atoms with Crippen LogP contribution in [0.4, 0.5) is 15.8 Å². The number of sulfonamides is 1. The van der Waals surface area contributed by atoms with Gasteiger partial charge in [-0.3, -0.25) is 9.10 Å². The van der Waals surface area contributed by atoms with Gasteiger partial charge in [0, 0.05) is 0 Å². The first kappa shape index (κ1) is 26.2. The fraction of sp³-hybridized carbons (Fsp3) is 0.0833. The maximum Gasteiger partial charge on any atom is 0.340 e. The third-order valence-corrected chi connectivity index (χ3v) is 7.06. The van der Waals surface area contributed by atoms with E-state index in [1.807, 2.05) is 0 Å². The van der Waals surface area contributed by atoms with E-state index in [0.717, 1.165) is 22.5 Å². The van der Waals surface area contributed by atoms with Gasteiger partial charge in [-0.2, -0.15) is 0 Å². The number of nitrogens with one attached hydrogen (secondary N) is 1. The van der Waals surface area contributed by atoms with Gasteiger partial charge in [-0.15, -0.1) is 6.58 Å². The molecule has 0 atom stereocenters. The Kier molecular flexibility index (Phi) is 8.50. The molecule has 0 unspecified atom stereocenters. The van der Waals surface area contributed by atoms with Crippen LogP contribution >= 0.6 is 23.2 Å². The third-order valence-electron chi connectivity index (χ3n) is 4.62. The molecule has 3 aromatic rings. The normalized spacial score (nSPS) is 10.9. The van der Waals surface area contributed by atoms with Crippen molar-refractivity contribution < 1.29 is 27.1 Å². The summed E-state index contributed by atoms with van der Waals surface area (Å²) >= 11 is 12.0. The lowest BCUT2D eigenvalue weighted by Gasteiger charge is -2.23. The number of ether oxygens (including phenoxy) is 1. The Hall–Kier alpha value is -3.40. The van der Waals surface area contributed by atoms with Gasteiger partial charge in [0.25, 0.3) is 15.9 Å². The van der Waals surface area contributed by atoms with Crippen LogP contribution in [0, 0.1) is 5.82 Å². The smallest absolute Gasteiger partial charge is 0.340 e. The van der Waals surface area contributed by atoms with E-state index in [1.165, 1.54) is 24.3 Å². The van der Waals surface area contributed by atoms with Gasteiger partial charge in [-0.25, -0.2) is 17.6 Å². The summed E-state index contributed by atoms with van der Waals surface area (Å²) in [6.45, 7) is 2.88. The van der Waals surface area contributed by atoms with Crippen LogP contribution in [0.25, 0.3) is 0 Å². The van der Waals surface area contributed by atoms with E-state index in [0.29, 0.717) is 5.69 Å². The zero-order chi connectivity index (χ0) is 25.6. The average molecular weight is 537 g/mol. The van der Waals surface area contributed by atoms with E-state index in [4.69, 9.17) is 27.9 Å². The summed E-state index contributed by atoms with van der Waals surface area (Å²) in [6, 6.07) is 15.3. The third kappa shape index (κ3) is 6.39. The molecule has 35 heavy (non-hydrogen) atoms. The van der Waals surface area contributed by atoms with Gasteiger partial charge in [0.2, 0.25) is 0 Å². The van der Waals surface area contributed by atoms with Crippen LogP contribution in [0.3, 0.4) is 0 Å². The lowest BCUT2D eigenvalue weighted by atomic mass is 10.2. The van der Waals surface area contributed by atoms with E-state index in [9.17, 15) is 22.4 Å². The number of carbonyl (C=O) groups is 2. The highest BCUT2D eigenvalue weighted by Gasteiger charge is 2.26. The van der Waals surface area contributed by atoms with E-state index in [1.54, 1.807) is 30.3 Å². The number of amides is 1. The zero-order valence-electron chi connectivity index (χ0n) is 18.1. The minimum Gasteiger partial charge on any atom is -0.452 e. The maximum absolute atomic E-state index is 13.3. The summed E-state index contributed by atoms with van der Waals surface area (Å²) in [5.41, 5.74) is 0.290. The summed E-state index contributed by atoms with van der Waals surface area (Å²) in [6.07, 6.45) is 1.43. The van der Waals surface area contributed by atoms with E-state index in [-0.39, 0.29) is 32.7 Å². The van der Waals surface area contributed by atoms with E-state index >= 15 is 0 Å². The van der Waals surface area contributed by atoms with Gasteiger partial charge in [-0.1, -0.05) is 47.5 Å². The Balaban J connectivity index is 1.78. The summed E-state index contributed by atoms with van der Waals surface area (Å²) in [5, 5.41) is 2.28. The van der Waals surface area contributed by atoms with E-state index < -0.39 is 34.3 Å². The average Bonchev–Trinajstić information content (AvgIpc) is 2.83. The van der Waals surface area contributed by atoms with Crippen molar-refractivity contribution in [2.24, 2.45) is 0 Å². The maximum atomic E-state index is 13.3. The second-order valence-electron chi connectivity index (χ2n) is 7.05. The molecule has 0 aliphatic carbocycles. The molecule has 3 aromatic carbocycles. The fourth-order valence-corrected chi connectivity index (χ4v) is 4.86. The molecule has 7 nitrogen and oxygen atoms in total. The topological polar surface area (TPSA) is 92.8 Å². The molecule has 1 N–H and O–H groups in total. The number of nitrogens with zero attached hydrogens (tertiary/aromatic N) is 1. The van der Waals surface area contributed by atoms with Crippen LogP contribution in [-0.4, -0.2) is 33.4 Å². The molecule has 0 saturated carbocycles. The molecule has 0 fully saturated rings. The van der Waals surface area contributed by atoms with Crippen molar-refractivity contribution in [3.63, 3.8) is 0 Å². The largest absolute Gasteiger partial charge is 0.452 e. The quantitative estimate of drug-likeness (QED) is 0.295. The lowest BCUT2D eigenvalue weighted by molar-refractivity contribution is -0.119. The number of halogens is 3. The highest BCUT2D eigenvalue weighted by atomic mass is 35.5. The highest BCUT2D eigenvalue weighted by Crippen LogP contribution is 2.27. The highest BCUT2D eigenvalue weighted by molar-refractivity contribution is 7.92. The predicted octanol–water partition coefficient (Wildman–Crippen LogP) is 5.31. The van der Waals surface area contributed by atoms with E-state index in [2.05, 4.69) is 11.9 Å². The van der Waals surface area contributed by atoms with Crippen molar-refractivity contribution in [2.45, 2.75) is 4.90 Å². The Morgan fingerprint density at radius 2 is 1.74 bits per heavy atom. The molecule has 0 aliphatic rings. The lowest BCUT2D eigenvalue weighted by Crippen LogP contribution is -2.31. The van der Waals surface area contributed by atoms with Crippen LogP contribution < -0.4 is 9.62 Å². The number of hydrogen-bond acceptors (Lipinski definition) is 5. The molecule has 11 heteroatoms. The predicted molar refractivity (Wildman–Crippen MR) is 133 cm³/mol. The number of rotatable bonds is 9. The Labute approximate surface area is 211 Å². The molecule has 0 saturated heterocycles. The van der Waals surface area contributed by atoms with Crippen LogP contribution in [0.5, 0.6) is 0 Å². The second-order valence-corrected chi connectivity index (χ2v) is 9.73. The molecule has 182 valence electrons. The van der Waals surface area contributed by atoms with Crippen molar-refractivity contribution in [3.05, 3.63) is 101 Å². The van der Waals surface area contributed by atoms with Gasteiger partial charge in [0.1, 0.15) is 5.82 Å². The number of esters is 1. The number of anilines is 2. The van der Waals surface area contributed by atoms with Gasteiger partial charge in [-0.05, 0) is 48.5 Å². The van der Waals surface area contributed by atoms with Crippen molar-refractivity contribution >= 4 is 56.5 Å².